The highest BCUT2D eigenvalue weighted by Crippen LogP contribution is 2.32. The summed E-state index contributed by atoms with van der Waals surface area (Å²) in [6.07, 6.45) is 5.52. The second-order valence-electron chi connectivity index (χ2n) is 7.82. The molecular weight excluding hydrogens is 356 g/mol. The number of aryl methyl sites for hydroxylation is 1. The molecule has 2 fully saturated rings. The Balaban J connectivity index is 1.24. The second-order valence-corrected chi connectivity index (χ2v) is 7.82. The highest BCUT2D eigenvalue weighted by Gasteiger charge is 2.24. The molecule has 1 unspecified atom stereocenters. The Hall–Kier alpha value is -2.38. The van der Waals surface area contributed by atoms with Crippen molar-refractivity contribution in [2.24, 2.45) is 0 Å². The van der Waals surface area contributed by atoms with Crippen LogP contribution >= 0.6 is 0 Å². The van der Waals surface area contributed by atoms with Crippen LogP contribution in [0.2, 0.25) is 0 Å². The Labute approximate surface area is 164 Å². The van der Waals surface area contributed by atoms with Crippen molar-refractivity contribution in [1.82, 2.24) is 19.8 Å². The Bertz CT molecular complexity index is 936. The van der Waals surface area contributed by atoms with Crippen molar-refractivity contribution >= 4 is 10.9 Å². The number of hydrogen-bond acceptors (Lipinski definition) is 6. The van der Waals surface area contributed by atoms with E-state index < -0.39 is 0 Å². The third-order valence-electron chi connectivity index (χ3n) is 5.97. The van der Waals surface area contributed by atoms with Crippen molar-refractivity contribution < 1.29 is 14.1 Å². The number of ether oxygens (including phenoxy) is 2. The van der Waals surface area contributed by atoms with Gasteiger partial charge in [0.05, 0.1) is 18.2 Å². The molecule has 0 amide bonds. The van der Waals surface area contributed by atoms with Crippen molar-refractivity contribution in [2.45, 2.75) is 44.9 Å². The molecule has 7 heteroatoms. The van der Waals surface area contributed by atoms with E-state index in [0.29, 0.717) is 6.04 Å². The van der Waals surface area contributed by atoms with Gasteiger partial charge >= 0.3 is 0 Å². The lowest BCUT2D eigenvalue weighted by Crippen LogP contribution is -2.38. The number of rotatable bonds is 5. The zero-order valence-corrected chi connectivity index (χ0v) is 16.2. The minimum atomic E-state index is 0.247. The Morgan fingerprint density at radius 1 is 1.14 bits per heavy atom. The lowest BCUT2D eigenvalue weighted by atomic mass is 10.1. The van der Waals surface area contributed by atoms with Gasteiger partial charge < -0.3 is 14.0 Å². The molecule has 2 aliphatic rings. The summed E-state index contributed by atoms with van der Waals surface area (Å²) in [7, 11) is 0. The number of benzene rings is 1. The second kappa shape index (κ2) is 7.56. The van der Waals surface area contributed by atoms with Crippen LogP contribution in [0.15, 0.2) is 35.1 Å². The van der Waals surface area contributed by atoms with E-state index in [2.05, 4.69) is 50.2 Å². The van der Waals surface area contributed by atoms with Crippen LogP contribution in [0.4, 0.5) is 0 Å². The molecule has 2 aromatic heterocycles. The molecule has 7 nitrogen and oxygen atoms in total. The predicted molar refractivity (Wildman–Crippen MR) is 104 cm³/mol. The lowest BCUT2D eigenvalue weighted by Gasteiger charge is -2.31. The van der Waals surface area contributed by atoms with Crippen LogP contribution in [0, 0.1) is 6.92 Å². The van der Waals surface area contributed by atoms with Crippen LogP contribution in [-0.4, -0.2) is 52.2 Å². The van der Waals surface area contributed by atoms with Crippen molar-refractivity contribution in [3.05, 3.63) is 41.9 Å². The molecule has 5 rings (SSSR count). The average Bonchev–Trinajstić information content (AvgIpc) is 3.45. The molecule has 2 saturated heterocycles. The first-order valence-electron chi connectivity index (χ1n) is 10.1. The zero-order valence-electron chi connectivity index (χ0n) is 16.2. The van der Waals surface area contributed by atoms with E-state index in [1.165, 1.54) is 10.9 Å². The van der Waals surface area contributed by atoms with Crippen molar-refractivity contribution in [1.29, 1.82) is 0 Å². The van der Waals surface area contributed by atoms with Gasteiger partial charge in [-0.05, 0) is 44.4 Å². The predicted octanol–water partition coefficient (Wildman–Crippen LogP) is 3.34. The number of nitrogens with zero attached hydrogens (tertiary/aromatic N) is 4. The molecule has 0 aliphatic carbocycles. The minimum Gasteiger partial charge on any atom is -0.490 e. The monoisotopic (exact) mass is 382 g/mol. The number of fused-ring (bicyclic) bond motifs is 1. The zero-order chi connectivity index (χ0) is 18.9. The molecule has 0 bridgehead atoms. The summed E-state index contributed by atoms with van der Waals surface area (Å²) in [6.45, 7) is 6.37. The van der Waals surface area contributed by atoms with E-state index in [1.807, 2.05) is 6.92 Å². The number of aromatic nitrogens is 3. The topological polar surface area (TPSA) is 65.5 Å². The summed E-state index contributed by atoms with van der Waals surface area (Å²) >= 11 is 0. The number of hydrogen-bond donors (Lipinski definition) is 0. The molecule has 3 aromatic rings. The van der Waals surface area contributed by atoms with Crippen molar-refractivity contribution in [3.63, 3.8) is 0 Å². The highest BCUT2D eigenvalue weighted by atomic mass is 16.6. The minimum absolute atomic E-state index is 0.247. The first-order chi connectivity index (χ1) is 13.8. The van der Waals surface area contributed by atoms with Crippen LogP contribution < -0.4 is 4.74 Å². The third kappa shape index (κ3) is 3.40. The smallest absolute Gasteiger partial charge is 0.129 e. The van der Waals surface area contributed by atoms with E-state index in [-0.39, 0.29) is 6.10 Å². The summed E-state index contributed by atoms with van der Waals surface area (Å²) in [5.74, 6) is 0.991. The summed E-state index contributed by atoms with van der Waals surface area (Å²) in [5, 5.41) is 9.06. The molecule has 0 saturated carbocycles. The van der Waals surface area contributed by atoms with Gasteiger partial charge in [-0.2, -0.15) is 0 Å². The molecule has 0 radical (unpaired) electrons. The quantitative estimate of drug-likeness (QED) is 0.674. The number of likely N-dealkylation sites (tertiary alicyclic amines) is 1. The van der Waals surface area contributed by atoms with E-state index >= 15 is 0 Å². The normalized spacial score (nSPS) is 21.5. The molecule has 28 heavy (non-hydrogen) atoms. The van der Waals surface area contributed by atoms with E-state index in [4.69, 9.17) is 14.1 Å². The molecule has 1 atom stereocenters. The maximum absolute atomic E-state index is 6.43. The average molecular weight is 382 g/mol. The van der Waals surface area contributed by atoms with Crippen molar-refractivity contribution in [2.75, 3.05) is 26.3 Å². The molecular formula is C21H26N4O3. The molecule has 2 aliphatic heterocycles. The first-order valence-corrected chi connectivity index (χ1v) is 10.1. The molecule has 1 aromatic carbocycles. The Morgan fingerprint density at radius 3 is 2.79 bits per heavy atom. The molecule has 4 heterocycles. The third-order valence-corrected chi connectivity index (χ3v) is 5.97. The van der Waals surface area contributed by atoms with Gasteiger partial charge in [0.2, 0.25) is 0 Å². The van der Waals surface area contributed by atoms with Crippen LogP contribution in [0.5, 0.6) is 5.75 Å². The van der Waals surface area contributed by atoms with Gasteiger partial charge in [0, 0.05) is 37.8 Å². The maximum Gasteiger partial charge on any atom is 0.129 e. The number of piperidine rings is 1. The summed E-state index contributed by atoms with van der Waals surface area (Å²) in [4.78, 5) is 2.39. The van der Waals surface area contributed by atoms with Crippen molar-refractivity contribution in [3.8, 4) is 5.75 Å². The van der Waals surface area contributed by atoms with Gasteiger partial charge in [0.15, 0.2) is 0 Å². The SMILES string of the molecule is Cc1nonc1CN1CCC(Oc2cccc3c2ccn3C2CCOC2)CC1. The summed E-state index contributed by atoms with van der Waals surface area (Å²) < 4.78 is 19.1. The Kier molecular flexibility index (Phi) is 4.78. The Morgan fingerprint density at radius 2 is 2.04 bits per heavy atom. The van der Waals surface area contributed by atoms with Gasteiger partial charge in [0.25, 0.3) is 0 Å². The summed E-state index contributed by atoms with van der Waals surface area (Å²) in [6, 6.07) is 8.98. The fraction of sp³-hybridized carbons (Fsp3) is 0.524. The van der Waals surface area contributed by atoms with Gasteiger partial charge in [-0.15, -0.1) is 0 Å². The summed E-state index contributed by atoms with van der Waals surface area (Å²) in [5.41, 5.74) is 3.04. The lowest BCUT2D eigenvalue weighted by molar-refractivity contribution is 0.0965. The van der Waals surface area contributed by atoms with Crippen LogP contribution in [0.3, 0.4) is 0 Å². The van der Waals surface area contributed by atoms with Crippen LogP contribution in [0.25, 0.3) is 10.9 Å². The molecule has 0 N–H and O–H groups in total. The van der Waals surface area contributed by atoms with E-state index in [1.54, 1.807) is 0 Å². The first kappa shape index (κ1) is 17.7. The van der Waals surface area contributed by atoms with Crippen LogP contribution in [-0.2, 0) is 11.3 Å². The van der Waals surface area contributed by atoms with Gasteiger partial charge in [-0.1, -0.05) is 16.4 Å². The molecule has 0 spiro atoms. The fourth-order valence-electron chi connectivity index (χ4n) is 4.29. The highest BCUT2D eigenvalue weighted by molar-refractivity contribution is 5.86. The fourth-order valence-corrected chi connectivity index (χ4v) is 4.29. The van der Waals surface area contributed by atoms with E-state index in [0.717, 1.165) is 69.2 Å². The van der Waals surface area contributed by atoms with Gasteiger partial charge in [0.1, 0.15) is 23.2 Å². The maximum atomic E-state index is 6.43. The molecule has 148 valence electrons. The standard InChI is InChI=1S/C21H26N4O3/c1-15-19(23-28-22-15)13-24-9-5-17(6-10-24)27-21-4-2-3-20-18(21)7-11-25(20)16-8-12-26-14-16/h2-4,7,11,16-17H,5-6,8-10,12-14H2,1H3. The largest absolute Gasteiger partial charge is 0.490 e. The van der Waals surface area contributed by atoms with Gasteiger partial charge in [-0.3, -0.25) is 4.90 Å². The van der Waals surface area contributed by atoms with Crippen LogP contribution in [0.1, 0.15) is 36.7 Å². The van der Waals surface area contributed by atoms with Gasteiger partial charge in [-0.25, -0.2) is 4.63 Å². The van der Waals surface area contributed by atoms with E-state index in [9.17, 15) is 0 Å².